The van der Waals surface area contributed by atoms with Crippen LogP contribution in [-0.4, -0.2) is 38.1 Å². The van der Waals surface area contributed by atoms with Gasteiger partial charge >= 0.3 is 0 Å². The molecule has 4 rings (SSSR count). The molecule has 0 aromatic heterocycles. The lowest BCUT2D eigenvalue weighted by atomic mass is 9.80. The summed E-state index contributed by atoms with van der Waals surface area (Å²) in [5, 5.41) is 6.97. The third kappa shape index (κ3) is 3.27. The maximum absolute atomic E-state index is 3.56. The second-order valence-electron chi connectivity index (χ2n) is 6.24. The molecule has 24 heavy (non-hydrogen) atoms. The van der Waals surface area contributed by atoms with E-state index in [-0.39, 0.29) is 24.8 Å². The summed E-state index contributed by atoms with van der Waals surface area (Å²) in [7, 11) is 2.03. The zero-order valence-corrected chi connectivity index (χ0v) is 15.5. The third-order valence-electron chi connectivity index (χ3n) is 5.09. The second kappa shape index (κ2) is 8.21. The van der Waals surface area contributed by atoms with Gasteiger partial charge in [0.1, 0.15) is 0 Å². The van der Waals surface area contributed by atoms with E-state index in [1.807, 2.05) is 7.05 Å². The van der Waals surface area contributed by atoms with Crippen LogP contribution in [0.5, 0.6) is 0 Å². The molecule has 0 spiro atoms. The Balaban J connectivity index is 0.00000104. The van der Waals surface area contributed by atoms with E-state index in [2.05, 4.69) is 64.1 Å². The van der Waals surface area contributed by atoms with E-state index in [1.54, 1.807) is 0 Å². The summed E-state index contributed by atoms with van der Waals surface area (Å²) in [5.41, 5.74) is 5.67. The van der Waals surface area contributed by atoms with Crippen molar-refractivity contribution >= 4 is 30.5 Å². The SMILES string of the molecule is CNc1cccc2c1[C@H]1CNCCN1C[C@H]2c1ccccc1.Cl.Cl. The maximum Gasteiger partial charge on any atom is 0.0496 e. The number of hydrogen-bond acceptors (Lipinski definition) is 3. The number of halogens is 2. The first-order valence-electron chi connectivity index (χ1n) is 8.18. The summed E-state index contributed by atoms with van der Waals surface area (Å²) in [6, 6.07) is 18.1. The largest absolute Gasteiger partial charge is 0.388 e. The summed E-state index contributed by atoms with van der Waals surface area (Å²) in [4.78, 5) is 2.65. The number of piperazine rings is 1. The Kier molecular flexibility index (Phi) is 6.53. The normalized spacial score (nSPS) is 22.4. The van der Waals surface area contributed by atoms with Gasteiger partial charge in [-0.25, -0.2) is 0 Å². The van der Waals surface area contributed by atoms with Gasteiger partial charge in [-0.2, -0.15) is 0 Å². The highest BCUT2D eigenvalue weighted by atomic mass is 35.5. The molecular weight excluding hydrogens is 341 g/mol. The molecule has 5 heteroatoms. The Morgan fingerprint density at radius 1 is 1.04 bits per heavy atom. The molecule has 2 N–H and O–H groups in total. The van der Waals surface area contributed by atoms with Gasteiger partial charge in [-0.3, -0.25) is 4.90 Å². The van der Waals surface area contributed by atoms with Crippen molar-refractivity contribution in [2.24, 2.45) is 0 Å². The quantitative estimate of drug-likeness (QED) is 0.850. The summed E-state index contributed by atoms with van der Waals surface area (Å²) in [6.45, 7) is 4.39. The van der Waals surface area contributed by atoms with Gasteiger partial charge < -0.3 is 10.6 Å². The first-order chi connectivity index (χ1) is 10.9. The van der Waals surface area contributed by atoms with Crippen molar-refractivity contribution in [2.75, 3.05) is 38.5 Å². The van der Waals surface area contributed by atoms with Gasteiger partial charge in [0.15, 0.2) is 0 Å². The van der Waals surface area contributed by atoms with Crippen LogP contribution < -0.4 is 10.6 Å². The number of nitrogens with one attached hydrogen (secondary N) is 2. The smallest absolute Gasteiger partial charge is 0.0496 e. The van der Waals surface area contributed by atoms with Gasteiger partial charge in [0.2, 0.25) is 0 Å². The van der Waals surface area contributed by atoms with Gasteiger partial charge in [0.25, 0.3) is 0 Å². The van der Waals surface area contributed by atoms with Crippen LogP contribution in [0.4, 0.5) is 5.69 Å². The molecule has 2 aromatic carbocycles. The molecule has 0 amide bonds. The molecule has 0 radical (unpaired) electrons. The maximum atomic E-state index is 3.56. The topological polar surface area (TPSA) is 27.3 Å². The van der Waals surface area contributed by atoms with Gasteiger partial charge in [0, 0.05) is 50.9 Å². The summed E-state index contributed by atoms with van der Waals surface area (Å²) >= 11 is 0. The highest BCUT2D eigenvalue weighted by Crippen LogP contribution is 2.42. The van der Waals surface area contributed by atoms with Crippen molar-refractivity contribution < 1.29 is 0 Å². The molecule has 2 heterocycles. The minimum atomic E-state index is 0. The fourth-order valence-corrected chi connectivity index (χ4v) is 4.03. The predicted octanol–water partition coefficient (Wildman–Crippen LogP) is 3.66. The lowest BCUT2D eigenvalue weighted by Gasteiger charge is -2.45. The van der Waals surface area contributed by atoms with Gasteiger partial charge in [-0.05, 0) is 22.8 Å². The van der Waals surface area contributed by atoms with Crippen LogP contribution >= 0.6 is 24.8 Å². The van der Waals surface area contributed by atoms with Crippen LogP contribution in [0.25, 0.3) is 0 Å². The Hall–Kier alpha value is -1.26. The molecule has 0 bridgehead atoms. The van der Waals surface area contributed by atoms with E-state index in [0.717, 1.165) is 26.2 Å². The van der Waals surface area contributed by atoms with Crippen molar-refractivity contribution in [3.63, 3.8) is 0 Å². The van der Waals surface area contributed by atoms with Gasteiger partial charge in [0.05, 0.1) is 0 Å². The highest BCUT2D eigenvalue weighted by Gasteiger charge is 2.36. The predicted molar refractivity (Wildman–Crippen MR) is 106 cm³/mol. The van der Waals surface area contributed by atoms with Crippen LogP contribution in [0.1, 0.15) is 28.7 Å². The van der Waals surface area contributed by atoms with Crippen molar-refractivity contribution in [3.05, 3.63) is 65.2 Å². The summed E-state index contributed by atoms with van der Waals surface area (Å²) in [5.74, 6) is 0.471. The summed E-state index contributed by atoms with van der Waals surface area (Å²) < 4.78 is 0. The Labute approximate surface area is 156 Å². The first kappa shape index (κ1) is 19.1. The van der Waals surface area contributed by atoms with Gasteiger partial charge in [-0.15, -0.1) is 24.8 Å². The number of nitrogens with zero attached hydrogens (tertiary/aromatic N) is 1. The van der Waals surface area contributed by atoms with Crippen molar-refractivity contribution in [1.82, 2.24) is 10.2 Å². The first-order valence-corrected chi connectivity index (χ1v) is 8.18. The highest BCUT2D eigenvalue weighted by molar-refractivity contribution is 5.85. The Bertz CT molecular complexity index is 663. The molecule has 2 aliphatic heterocycles. The molecule has 2 aromatic rings. The van der Waals surface area contributed by atoms with Crippen LogP contribution in [0.15, 0.2) is 48.5 Å². The third-order valence-corrected chi connectivity index (χ3v) is 5.09. The monoisotopic (exact) mass is 365 g/mol. The minimum absolute atomic E-state index is 0. The van der Waals surface area contributed by atoms with E-state index in [9.17, 15) is 0 Å². The van der Waals surface area contributed by atoms with E-state index < -0.39 is 0 Å². The van der Waals surface area contributed by atoms with Gasteiger partial charge in [-0.1, -0.05) is 42.5 Å². The fourth-order valence-electron chi connectivity index (χ4n) is 4.03. The van der Waals surface area contributed by atoms with Crippen molar-refractivity contribution in [3.8, 4) is 0 Å². The molecule has 0 saturated carbocycles. The Morgan fingerprint density at radius 2 is 1.83 bits per heavy atom. The minimum Gasteiger partial charge on any atom is -0.388 e. The zero-order chi connectivity index (χ0) is 14.9. The number of hydrogen-bond donors (Lipinski definition) is 2. The molecule has 2 aliphatic rings. The average Bonchev–Trinajstić information content (AvgIpc) is 2.61. The van der Waals surface area contributed by atoms with E-state index >= 15 is 0 Å². The Morgan fingerprint density at radius 3 is 2.58 bits per heavy atom. The van der Waals surface area contributed by atoms with Crippen LogP contribution in [-0.2, 0) is 0 Å². The molecule has 2 atom stereocenters. The summed E-state index contributed by atoms with van der Waals surface area (Å²) in [6.07, 6.45) is 0. The molecule has 0 unspecified atom stereocenters. The van der Waals surface area contributed by atoms with Crippen molar-refractivity contribution in [1.29, 1.82) is 0 Å². The molecular formula is C19H25Cl2N3. The van der Waals surface area contributed by atoms with Crippen LogP contribution in [0, 0.1) is 0 Å². The molecule has 1 fully saturated rings. The van der Waals surface area contributed by atoms with Crippen LogP contribution in [0.3, 0.4) is 0 Å². The zero-order valence-electron chi connectivity index (χ0n) is 13.9. The lowest BCUT2D eigenvalue weighted by Crippen LogP contribution is -2.50. The second-order valence-corrected chi connectivity index (χ2v) is 6.24. The number of rotatable bonds is 2. The molecule has 3 nitrogen and oxygen atoms in total. The van der Waals surface area contributed by atoms with E-state index in [1.165, 1.54) is 22.4 Å². The van der Waals surface area contributed by atoms with E-state index in [0.29, 0.717) is 12.0 Å². The van der Waals surface area contributed by atoms with Crippen molar-refractivity contribution in [2.45, 2.75) is 12.0 Å². The fraction of sp³-hybridized carbons (Fsp3) is 0.368. The molecule has 1 saturated heterocycles. The average molecular weight is 366 g/mol. The van der Waals surface area contributed by atoms with Crippen LogP contribution in [0.2, 0.25) is 0 Å². The van der Waals surface area contributed by atoms with E-state index in [4.69, 9.17) is 0 Å². The number of benzene rings is 2. The number of fused-ring (bicyclic) bond motifs is 3. The molecule has 130 valence electrons. The standard InChI is InChI=1S/C19H23N3.2ClH/c1-20-17-9-5-8-15-16(14-6-3-2-4-7-14)13-22-11-10-21-12-18(22)19(15)17;;/h2-9,16,18,20-21H,10-13H2,1H3;2*1H/t16-,18+;;/m0../s1. The lowest BCUT2D eigenvalue weighted by molar-refractivity contribution is 0.144. The number of anilines is 1. The molecule has 0 aliphatic carbocycles.